The molecule has 2 N–H and O–H groups in total. The van der Waals surface area contributed by atoms with Crippen LogP contribution in [0.15, 0.2) is 42.5 Å². The molecule has 2 aromatic rings. The topological polar surface area (TPSA) is 69.2 Å². The first-order chi connectivity index (χ1) is 9.54. The van der Waals surface area contributed by atoms with E-state index in [1.165, 1.54) is 6.07 Å². The van der Waals surface area contributed by atoms with E-state index >= 15 is 0 Å². The zero-order chi connectivity index (χ0) is 14.7. The van der Waals surface area contributed by atoms with Crippen LogP contribution in [0.25, 0.3) is 0 Å². The normalized spacial score (nSPS) is 12.1. The Hall–Kier alpha value is -2.36. The molecule has 2 aromatic carbocycles. The number of hydrogen-bond acceptors (Lipinski definition) is 3. The highest BCUT2D eigenvalue weighted by atomic mass is 16.6. The molecular weight excluding hydrogens is 252 g/mol. The number of hydrogen-bond donors (Lipinski definition) is 1. The van der Waals surface area contributed by atoms with E-state index in [4.69, 9.17) is 5.73 Å². The van der Waals surface area contributed by atoms with Gasteiger partial charge in [0, 0.05) is 12.0 Å². The van der Waals surface area contributed by atoms with E-state index in [2.05, 4.69) is 6.92 Å². The summed E-state index contributed by atoms with van der Waals surface area (Å²) in [6.07, 6.45) is 0.842. The lowest BCUT2D eigenvalue weighted by atomic mass is 9.87. The molecule has 4 nitrogen and oxygen atoms in total. The number of rotatable bonds is 4. The van der Waals surface area contributed by atoms with Crippen LogP contribution >= 0.6 is 0 Å². The van der Waals surface area contributed by atoms with Gasteiger partial charge in [0.15, 0.2) is 0 Å². The van der Waals surface area contributed by atoms with Crippen LogP contribution in [0, 0.1) is 17.0 Å². The molecule has 2 rings (SSSR count). The third-order valence-electron chi connectivity index (χ3n) is 3.52. The Labute approximate surface area is 118 Å². The van der Waals surface area contributed by atoms with Crippen LogP contribution in [0.1, 0.15) is 36.0 Å². The van der Waals surface area contributed by atoms with E-state index < -0.39 is 4.92 Å². The fraction of sp³-hybridized carbons (Fsp3) is 0.250. The van der Waals surface area contributed by atoms with Crippen molar-refractivity contribution in [3.8, 4) is 0 Å². The molecule has 104 valence electrons. The van der Waals surface area contributed by atoms with Crippen molar-refractivity contribution in [1.29, 1.82) is 0 Å². The molecule has 0 spiro atoms. The third kappa shape index (κ3) is 2.64. The lowest BCUT2D eigenvalue weighted by Gasteiger charge is -2.18. The van der Waals surface area contributed by atoms with Crippen LogP contribution in [0.4, 0.5) is 11.4 Å². The zero-order valence-corrected chi connectivity index (χ0v) is 11.7. The first-order valence-corrected chi connectivity index (χ1v) is 6.64. The van der Waals surface area contributed by atoms with Gasteiger partial charge in [-0.15, -0.1) is 0 Å². The van der Waals surface area contributed by atoms with Gasteiger partial charge < -0.3 is 5.73 Å². The minimum atomic E-state index is -0.413. The van der Waals surface area contributed by atoms with Crippen molar-refractivity contribution in [3.63, 3.8) is 0 Å². The fourth-order valence-corrected chi connectivity index (χ4v) is 2.57. The molecule has 1 atom stereocenters. The highest BCUT2D eigenvalue weighted by Gasteiger charge is 2.22. The van der Waals surface area contributed by atoms with Crippen LogP contribution in [0.5, 0.6) is 0 Å². The molecule has 0 fully saturated rings. The average molecular weight is 270 g/mol. The SMILES string of the molecule is CCC(c1ccccc1)c1cc(C)cc([N+](=O)[O-])c1N. The quantitative estimate of drug-likeness (QED) is 0.518. The zero-order valence-electron chi connectivity index (χ0n) is 11.7. The summed E-state index contributed by atoms with van der Waals surface area (Å²) >= 11 is 0. The summed E-state index contributed by atoms with van der Waals surface area (Å²) in [6, 6.07) is 13.4. The summed E-state index contributed by atoms with van der Waals surface area (Å²) in [7, 11) is 0. The molecule has 0 saturated carbocycles. The van der Waals surface area contributed by atoms with E-state index in [0.29, 0.717) is 0 Å². The lowest BCUT2D eigenvalue weighted by molar-refractivity contribution is -0.384. The van der Waals surface area contributed by atoms with Crippen LogP contribution in [0.2, 0.25) is 0 Å². The molecule has 4 heteroatoms. The van der Waals surface area contributed by atoms with Gasteiger partial charge in [0.05, 0.1) is 4.92 Å². The average Bonchev–Trinajstić information content (AvgIpc) is 2.44. The minimum Gasteiger partial charge on any atom is -0.393 e. The van der Waals surface area contributed by atoms with Gasteiger partial charge in [-0.1, -0.05) is 43.3 Å². The Morgan fingerprint density at radius 2 is 1.90 bits per heavy atom. The molecule has 0 bridgehead atoms. The van der Waals surface area contributed by atoms with Gasteiger partial charge >= 0.3 is 0 Å². The standard InChI is InChI=1S/C16H18N2O2/c1-3-13(12-7-5-4-6-8-12)14-9-11(2)10-15(16(14)17)18(19)20/h4-10,13H,3,17H2,1-2H3. The Morgan fingerprint density at radius 3 is 2.45 bits per heavy atom. The molecule has 20 heavy (non-hydrogen) atoms. The van der Waals surface area contributed by atoms with Crippen molar-refractivity contribution >= 4 is 11.4 Å². The molecule has 0 aliphatic heterocycles. The number of nitrogens with two attached hydrogens (primary N) is 1. The van der Waals surface area contributed by atoms with Crippen LogP contribution in [-0.2, 0) is 0 Å². The number of aryl methyl sites for hydroxylation is 1. The van der Waals surface area contributed by atoms with Gasteiger partial charge in [0.25, 0.3) is 5.69 Å². The Balaban J connectivity index is 2.58. The highest BCUT2D eigenvalue weighted by molar-refractivity contribution is 5.66. The van der Waals surface area contributed by atoms with Gasteiger partial charge in [-0.2, -0.15) is 0 Å². The first-order valence-electron chi connectivity index (χ1n) is 6.64. The molecular formula is C16H18N2O2. The summed E-state index contributed by atoms with van der Waals surface area (Å²) < 4.78 is 0. The van der Waals surface area contributed by atoms with Crippen LogP contribution < -0.4 is 5.73 Å². The predicted molar refractivity (Wildman–Crippen MR) is 80.8 cm³/mol. The molecule has 1 unspecified atom stereocenters. The number of nitro groups is 1. The molecule has 0 heterocycles. The summed E-state index contributed by atoms with van der Waals surface area (Å²) in [5, 5.41) is 11.1. The van der Waals surface area contributed by atoms with E-state index in [1.807, 2.05) is 43.3 Å². The van der Waals surface area contributed by atoms with E-state index in [1.54, 1.807) is 0 Å². The highest BCUT2D eigenvalue weighted by Crippen LogP contribution is 2.37. The van der Waals surface area contributed by atoms with E-state index in [9.17, 15) is 10.1 Å². The Bertz CT molecular complexity index is 624. The number of nitrogen functional groups attached to an aromatic ring is 1. The minimum absolute atomic E-state index is 0.00520. The van der Waals surface area contributed by atoms with Gasteiger partial charge in [-0.3, -0.25) is 10.1 Å². The fourth-order valence-electron chi connectivity index (χ4n) is 2.57. The van der Waals surface area contributed by atoms with Gasteiger partial charge in [0.1, 0.15) is 5.69 Å². The monoisotopic (exact) mass is 270 g/mol. The molecule has 0 radical (unpaired) electrons. The maximum atomic E-state index is 11.1. The molecule has 0 saturated heterocycles. The number of nitrogens with zero attached hydrogens (tertiary/aromatic N) is 1. The van der Waals surface area contributed by atoms with Crippen molar-refractivity contribution in [2.45, 2.75) is 26.2 Å². The Morgan fingerprint density at radius 1 is 1.25 bits per heavy atom. The van der Waals surface area contributed by atoms with Gasteiger partial charge in [0.2, 0.25) is 0 Å². The maximum absolute atomic E-state index is 11.1. The third-order valence-corrected chi connectivity index (χ3v) is 3.52. The number of benzene rings is 2. The maximum Gasteiger partial charge on any atom is 0.292 e. The van der Waals surface area contributed by atoms with Crippen molar-refractivity contribution < 1.29 is 4.92 Å². The lowest BCUT2D eigenvalue weighted by Crippen LogP contribution is -2.07. The van der Waals surface area contributed by atoms with Gasteiger partial charge in [-0.05, 0) is 30.0 Å². The summed E-state index contributed by atoms with van der Waals surface area (Å²) in [4.78, 5) is 10.7. The summed E-state index contributed by atoms with van der Waals surface area (Å²) in [6.45, 7) is 3.92. The first kappa shape index (κ1) is 14.1. The van der Waals surface area contributed by atoms with Gasteiger partial charge in [-0.25, -0.2) is 0 Å². The number of anilines is 1. The van der Waals surface area contributed by atoms with E-state index in [-0.39, 0.29) is 17.3 Å². The van der Waals surface area contributed by atoms with Crippen LogP contribution in [-0.4, -0.2) is 4.92 Å². The predicted octanol–water partition coefficient (Wildman–Crippen LogP) is 4.03. The smallest absolute Gasteiger partial charge is 0.292 e. The largest absolute Gasteiger partial charge is 0.393 e. The molecule has 0 aliphatic carbocycles. The van der Waals surface area contributed by atoms with E-state index in [0.717, 1.165) is 23.1 Å². The molecule has 0 aliphatic rings. The summed E-state index contributed by atoms with van der Waals surface area (Å²) in [5.74, 6) is 0.0785. The summed E-state index contributed by atoms with van der Waals surface area (Å²) in [5.41, 5.74) is 9.12. The van der Waals surface area contributed by atoms with Crippen molar-refractivity contribution in [1.82, 2.24) is 0 Å². The second-order valence-electron chi connectivity index (χ2n) is 4.92. The van der Waals surface area contributed by atoms with Crippen molar-refractivity contribution in [3.05, 3.63) is 69.3 Å². The molecule has 0 amide bonds. The molecule has 0 aromatic heterocycles. The van der Waals surface area contributed by atoms with Crippen LogP contribution in [0.3, 0.4) is 0 Å². The second-order valence-corrected chi connectivity index (χ2v) is 4.92. The van der Waals surface area contributed by atoms with Crippen molar-refractivity contribution in [2.24, 2.45) is 0 Å². The number of nitro benzene ring substituents is 1. The van der Waals surface area contributed by atoms with Crippen molar-refractivity contribution in [2.75, 3.05) is 5.73 Å². The Kier molecular flexibility index (Phi) is 4.03. The second kappa shape index (κ2) is 5.74.